The topological polar surface area (TPSA) is 50.4 Å². The van der Waals surface area contributed by atoms with Crippen molar-refractivity contribution >= 4 is 11.6 Å². The van der Waals surface area contributed by atoms with Gasteiger partial charge in [0.1, 0.15) is 5.75 Å². The van der Waals surface area contributed by atoms with Crippen LogP contribution in [0.5, 0.6) is 5.75 Å². The van der Waals surface area contributed by atoms with Gasteiger partial charge in [-0.1, -0.05) is 13.8 Å². The van der Waals surface area contributed by atoms with Crippen LogP contribution in [-0.4, -0.2) is 25.6 Å². The molecule has 1 atom stereocenters. The zero-order valence-electron chi connectivity index (χ0n) is 11.8. The van der Waals surface area contributed by atoms with E-state index in [9.17, 15) is 4.79 Å². The van der Waals surface area contributed by atoms with Gasteiger partial charge in [-0.3, -0.25) is 4.79 Å². The van der Waals surface area contributed by atoms with E-state index in [1.54, 1.807) is 7.11 Å². The summed E-state index contributed by atoms with van der Waals surface area (Å²) in [6, 6.07) is 5.74. The van der Waals surface area contributed by atoms with Crippen LogP contribution in [0.15, 0.2) is 18.2 Å². The van der Waals surface area contributed by atoms with E-state index in [-0.39, 0.29) is 11.9 Å². The summed E-state index contributed by atoms with van der Waals surface area (Å²) in [4.78, 5) is 12.0. The Bertz CT molecular complexity index is 451. The van der Waals surface area contributed by atoms with Crippen LogP contribution >= 0.6 is 0 Å². The lowest BCUT2D eigenvalue weighted by molar-refractivity contribution is -0.117. The number of rotatable bonds is 4. The van der Waals surface area contributed by atoms with Crippen molar-refractivity contribution in [3.8, 4) is 5.75 Å². The zero-order chi connectivity index (χ0) is 13.8. The average Bonchev–Trinajstić information content (AvgIpc) is 2.92. The second kappa shape index (κ2) is 6.06. The third-order valence-corrected chi connectivity index (χ3v) is 3.50. The standard InChI is InChI=1S/C15H22N2O2/c1-10(2)12-9-11(6-7-14(12)19-3)17-15(18)13-5-4-8-16-13/h6-7,9-10,13,16H,4-5,8H2,1-3H3,(H,17,18). The molecule has 1 aromatic carbocycles. The maximum absolute atomic E-state index is 12.0. The summed E-state index contributed by atoms with van der Waals surface area (Å²) in [6.45, 7) is 5.15. The number of amides is 1. The van der Waals surface area contributed by atoms with Gasteiger partial charge in [-0.05, 0) is 49.1 Å². The molecular weight excluding hydrogens is 240 g/mol. The van der Waals surface area contributed by atoms with Gasteiger partial charge in [0.15, 0.2) is 0 Å². The van der Waals surface area contributed by atoms with Crippen molar-refractivity contribution in [3.05, 3.63) is 23.8 Å². The molecule has 0 saturated carbocycles. The van der Waals surface area contributed by atoms with Gasteiger partial charge in [-0.15, -0.1) is 0 Å². The molecule has 0 bridgehead atoms. The number of hydrogen-bond donors (Lipinski definition) is 2. The van der Waals surface area contributed by atoms with Crippen LogP contribution in [0.2, 0.25) is 0 Å². The summed E-state index contributed by atoms with van der Waals surface area (Å²) >= 11 is 0. The van der Waals surface area contributed by atoms with E-state index in [1.165, 1.54) is 0 Å². The number of anilines is 1. The molecule has 2 N–H and O–H groups in total. The third-order valence-electron chi connectivity index (χ3n) is 3.50. The highest BCUT2D eigenvalue weighted by atomic mass is 16.5. The second-order valence-electron chi connectivity index (χ2n) is 5.25. The van der Waals surface area contributed by atoms with Crippen LogP contribution in [0, 0.1) is 0 Å². The van der Waals surface area contributed by atoms with Crippen LogP contribution in [0.4, 0.5) is 5.69 Å². The van der Waals surface area contributed by atoms with Crippen LogP contribution in [-0.2, 0) is 4.79 Å². The summed E-state index contributed by atoms with van der Waals surface area (Å²) in [7, 11) is 1.67. The molecule has 0 spiro atoms. The molecule has 1 fully saturated rings. The monoisotopic (exact) mass is 262 g/mol. The molecule has 4 nitrogen and oxygen atoms in total. The molecule has 1 aliphatic heterocycles. The SMILES string of the molecule is COc1ccc(NC(=O)C2CCCN2)cc1C(C)C. The van der Waals surface area contributed by atoms with Crippen molar-refractivity contribution < 1.29 is 9.53 Å². The fourth-order valence-corrected chi connectivity index (χ4v) is 2.40. The molecule has 1 aliphatic rings. The minimum Gasteiger partial charge on any atom is -0.496 e. The van der Waals surface area contributed by atoms with E-state index in [2.05, 4.69) is 24.5 Å². The van der Waals surface area contributed by atoms with E-state index >= 15 is 0 Å². The molecule has 0 aliphatic carbocycles. The molecule has 4 heteroatoms. The van der Waals surface area contributed by atoms with Crippen LogP contribution in [0.1, 0.15) is 38.2 Å². The van der Waals surface area contributed by atoms with E-state index in [0.29, 0.717) is 5.92 Å². The van der Waals surface area contributed by atoms with Gasteiger partial charge in [-0.25, -0.2) is 0 Å². The van der Waals surface area contributed by atoms with E-state index in [4.69, 9.17) is 4.74 Å². The van der Waals surface area contributed by atoms with Crippen LogP contribution < -0.4 is 15.4 Å². The molecule has 19 heavy (non-hydrogen) atoms. The summed E-state index contributed by atoms with van der Waals surface area (Å²) < 4.78 is 5.34. The Kier molecular flexibility index (Phi) is 4.43. The van der Waals surface area contributed by atoms with Gasteiger partial charge in [-0.2, -0.15) is 0 Å². The number of benzene rings is 1. The molecule has 1 saturated heterocycles. The first-order chi connectivity index (χ1) is 9.11. The van der Waals surface area contributed by atoms with Gasteiger partial charge >= 0.3 is 0 Å². The average molecular weight is 262 g/mol. The summed E-state index contributed by atoms with van der Waals surface area (Å²) in [6.07, 6.45) is 1.98. The second-order valence-corrected chi connectivity index (χ2v) is 5.25. The van der Waals surface area contributed by atoms with Crippen molar-refractivity contribution in [1.29, 1.82) is 0 Å². The van der Waals surface area contributed by atoms with Crippen molar-refractivity contribution in [2.24, 2.45) is 0 Å². The summed E-state index contributed by atoms with van der Waals surface area (Å²) in [5.41, 5.74) is 1.95. The Morgan fingerprint density at radius 2 is 2.26 bits per heavy atom. The van der Waals surface area contributed by atoms with Gasteiger partial charge in [0.2, 0.25) is 5.91 Å². The smallest absolute Gasteiger partial charge is 0.241 e. The highest BCUT2D eigenvalue weighted by Gasteiger charge is 2.22. The van der Waals surface area contributed by atoms with Gasteiger partial charge in [0.05, 0.1) is 13.2 Å². The maximum Gasteiger partial charge on any atom is 0.241 e. The molecule has 0 aromatic heterocycles. The Balaban J connectivity index is 2.12. The predicted molar refractivity (Wildman–Crippen MR) is 76.7 cm³/mol. The molecular formula is C15H22N2O2. The minimum absolute atomic E-state index is 0.0513. The normalized spacial score (nSPS) is 18.6. The number of nitrogens with one attached hydrogen (secondary N) is 2. The van der Waals surface area contributed by atoms with Gasteiger partial charge in [0, 0.05) is 5.69 Å². The molecule has 2 rings (SSSR count). The van der Waals surface area contributed by atoms with E-state index < -0.39 is 0 Å². The van der Waals surface area contributed by atoms with Crippen molar-refractivity contribution in [3.63, 3.8) is 0 Å². The Morgan fingerprint density at radius 1 is 1.47 bits per heavy atom. The Morgan fingerprint density at radius 3 is 2.84 bits per heavy atom. The molecule has 1 heterocycles. The van der Waals surface area contributed by atoms with E-state index in [1.807, 2.05) is 18.2 Å². The Labute approximate surface area is 114 Å². The predicted octanol–water partition coefficient (Wildman–Crippen LogP) is 2.51. The molecule has 1 amide bonds. The largest absolute Gasteiger partial charge is 0.496 e. The third kappa shape index (κ3) is 3.26. The maximum atomic E-state index is 12.0. The first-order valence-corrected chi connectivity index (χ1v) is 6.84. The first kappa shape index (κ1) is 13.9. The van der Waals surface area contributed by atoms with Crippen molar-refractivity contribution in [2.75, 3.05) is 19.0 Å². The highest BCUT2D eigenvalue weighted by Crippen LogP contribution is 2.29. The molecule has 1 unspecified atom stereocenters. The summed E-state index contributed by atoms with van der Waals surface area (Å²) in [5, 5.41) is 6.17. The van der Waals surface area contributed by atoms with Crippen LogP contribution in [0.25, 0.3) is 0 Å². The minimum atomic E-state index is -0.0513. The van der Waals surface area contributed by atoms with Crippen molar-refractivity contribution in [2.45, 2.75) is 38.6 Å². The quantitative estimate of drug-likeness (QED) is 0.876. The number of ether oxygens (including phenoxy) is 1. The molecule has 1 aromatic rings. The lowest BCUT2D eigenvalue weighted by Gasteiger charge is -2.15. The molecule has 0 radical (unpaired) electrons. The van der Waals surface area contributed by atoms with Gasteiger partial charge < -0.3 is 15.4 Å². The first-order valence-electron chi connectivity index (χ1n) is 6.84. The lowest BCUT2D eigenvalue weighted by atomic mass is 10.0. The fourth-order valence-electron chi connectivity index (χ4n) is 2.40. The Hall–Kier alpha value is -1.55. The van der Waals surface area contributed by atoms with E-state index in [0.717, 1.165) is 36.4 Å². The van der Waals surface area contributed by atoms with Crippen molar-refractivity contribution in [1.82, 2.24) is 5.32 Å². The van der Waals surface area contributed by atoms with Crippen LogP contribution in [0.3, 0.4) is 0 Å². The number of carbonyl (C=O) groups excluding carboxylic acids is 1. The zero-order valence-corrected chi connectivity index (χ0v) is 11.8. The lowest BCUT2D eigenvalue weighted by Crippen LogP contribution is -2.35. The van der Waals surface area contributed by atoms with Gasteiger partial charge in [0.25, 0.3) is 0 Å². The number of carbonyl (C=O) groups is 1. The number of hydrogen-bond acceptors (Lipinski definition) is 3. The highest BCUT2D eigenvalue weighted by molar-refractivity contribution is 5.95. The molecule has 104 valence electrons. The summed E-state index contributed by atoms with van der Waals surface area (Å²) in [5.74, 6) is 1.28. The fraction of sp³-hybridized carbons (Fsp3) is 0.533. The number of methoxy groups -OCH3 is 1.